The van der Waals surface area contributed by atoms with Gasteiger partial charge in [-0.3, -0.25) is 15.0 Å². The molecular weight excluding hydrogens is 264 g/mol. The molecule has 0 radical (unpaired) electrons. The first-order valence-electron chi connectivity index (χ1n) is 5.61. The van der Waals surface area contributed by atoms with Gasteiger partial charge in [0.1, 0.15) is 17.1 Å². The lowest BCUT2D eigenvalue weighted by Crippen LogP contribution is -2.58. The number of alkyl halides is 1. The van der Waals surface area contributed by atoms with Gasteiger partial charge in [-0.05, 0) is 6.92 Å². The van der Waals surface area contributed by atoms with E-state index in [1.54, 1.807) is 0 Å². The second kappa shape index (κ2) is 4.65. The summed E-state index contributed by atoms with van der Waals surface area (Å²) in [4.78, 5) is 22.8. The molecule has 2 aliphatic heterocycles. The van der Waals surface area contributed by atoms with Crippen LogP contribution >= 0.6 is 11.6 Å². The molecule has 0 aliphatic carbocycles. The number of carbonyl (C=O) groups is 2. The molecule has 0 bridgehead atoms. The van der Waals surface area contributed by atoms with Crippen molar-refractivity contribution in [3.63, 3.8) is 0 Å². The van der Waals surface area contributed by atoms with Crippen molar-refractivity contribution in [3.05, 3.63) is 0 Å². The summed E-state index contributed by atoms with van der Waals surface area (Å²) in [6, 6.07) is -0.603. The first-order chi connectivity index (χ1) is 8.37. The van der Waals surface area contributed by atoms with Crippen molar-refractivity contribution in [2.24, 2.45) is 0 Å². The molecule has 0 spiro atoms. The molecule has 0 aromatic heterocycles. The van der Waals surface area contributed by atoms with Gasteiger partial charge in [0.2, 0.25) is 5.91 Å². The van der Waals surface area contributed by atoms with Crippen molar-refractivity contribution in [1.29, 1.82) is 0 Å². The third-order valence-corrected chi connectivity index (χ3v) is 3.68. The third kappa shape index (κ3) is 2.07. The molecule has 7 nitrogen and oxygen atoms in total. The molecule has 18 heavy (non-hydrogen) atoms. The van der Waals surface area contributed by atoms with Gasteiger partial charge in [-0.2, -0.15) is 0 Å². The molecule has 2 rings (SSSR count). The third-order valence-electron chi connectivity index (χ3n) is 3.27. The summed E-state index contributed by atoms with van der Waals surface area (Å²) >= 11 is 6.20. The highest BCUT2D eigenvalue weighted by Gasteiger charge is 2.55. The molecule has 2 saturated heterocycles. The molecular formula is C10H15ClN2O5. The van der Waals surface area contributed by atoms with Crippen molar-refractivity contribution in [2.75, 3.05) is 13.2 Å². The van der Waals surface area contributed by atoms with E-state index >= 15 is 0 Å². The van der Waals surface area contributed by atoms with E-state index in [9.17, 15) is 14.7 Å². The van der Waals surface area contributed by atoms with E-state index in [2.05, 4.69) is 5.32 Å². The van der Waals surface area contributed by atoms with E-state index in [4.69, 9.17) is 21.4 Å². The number of amides is 3. The zero-order valence-electron chi connectivity index (χ0n) is 9.80. The highest BCUT2D eigenvalue weighted by Crippen LogP contribution is 2.38. The van der Waals surface area contributed by atoms with Crippen LogP contribution in [0.4, 0.5) is 4.79 Å². The van der Waals surface area contributed by atoms with Crippen LogP contribution in [-0.4, -0.2) is 63.5 Å². The monoisotopic (exact) mass is 278 g/mol. The molecule has 8 heteroatoms. The summed E-state index contributed by atoms with van der Waals surface area (Å²) < 4.78 is 5.41. The van der Waals surface area contributed by atoms with E-state index < -0.39 is 35.9 Å². The van der Waals surface area contributed by atoms with Crippen molar-refractivity contribution in [2.45, 2.75) is 36.7 Å². The van der Waals surface area contributed by atoms with Gasteiger partial charge in [0, 0.05) is 13.0 Å². The number of aliphatic hydroxyl groups excluding tert-OH is 2. The molecule has 0 unspecified atom stereocenters. The maximum atomic E-state index is 11.7. The Morgan fingerprint density at radius 2 is 2.28 bits per heavy atom. The van der Waals surface area contributed by atoms with Crippen LogP contribution in [0.2, 0.25) is 0 Å². The number of urea groups is 1. The van der Waals surface area contributed by atoms with Crippen LogP contribution in [0.5, 0.6) is 0 Å². The molecule has 102 valence electrons. The summed E-state index contributed by atoms with van der Waals surface area (Å²) in [5, 5.41) is 21.1. The SMILES string of the molecule is C[C@@]1(Cl)[C@H](O)[C@@H](CO)O[C@H]1N1CCC(=O)NC1=O. The summed E-state index contributed by atoms with van der Waals surface area (Å²) in [6.07, 6.45) is -2.68. The number of ether oxygens (including phenoxy) is 1. The minimum atomic E-state index is -1.23. The summed E-state index contributed by atoms with van der Waals surface area (Å²) in [7, 11) is 0. The molecule has 2 fully saturated rings. The maximum absolute atomic E-state index is 11.7. The normalized spacial score (nSPS) is 41.1. The number of hydrogen-bond acceptors (Lipinski definition) is 5. The van der Waals surface area contributed by atoms with Crippen molar-refractivity contribution in [3.8, 4) is 0 Å². The van der Waals surface area contributed by atoms with Crippen LogP contribution in [0, 0.1) is 0 Å². The van der Waals surface area contributed by atoms with Gasteiger partial charge in [-0.1, -0.05) is 0 Å². The molecule has 0 aromatic rings. The molecule has 2 aliphatic rings. The molecule has 2 heterocycles. The quantitative estimate of drug-likeness (QED) is 0.563. The molecule has 3 N–H and O–H groups in total. The zero-order chi connectivity index (χ0) is 13.5. The molecule has 0 aromatic carbocycles. The Labute approximate surface area is 109 Å². The Kier molecular flexibility index (Phi) is 3.50. The Morgan fingerprint density at radius 1 is 1.61 bits per heavy atom. The Balaban J connectivity index is 2.18. The van der Waals surface area contributed by atoms with Crippen LogP contribution in [0.25, 0.3) is 0 Å². The fourth-order valence-electron chi connectivity index (χ4n) is 2.20. The lowest BCUT2D eigenvalue weighted by Gasteiger charge is -2.36. The number of aliphatic hydroxyl groups is 2. The van der Waals surface area contributed by atoms with Crippen LogP contribution in [-0.2, 0) is 9.53 Å². The van der Waals surface area contributed by atoms with E-state index in [-0.39, 0.29) is 18.9 Å². The van der Waals surface area contributed by atoms with E-state index in [0.717, 1.165) is 0 Å². The highest BCUT2D eigenvalue weighted by atomic mass is 35.5. The second-order valence-electron chi connectivity index (χ2n) is 4.60. The van der Waals surface area contributed by atoms with E-state index in [1.165, 1.54) is 11.8 Å². The summed E-state index contributed by atoms with van der Waals surface area (Å²) in [5.74, 6) is -0.357. The standard InChI is InChI=1S/C10H15ClN2O5/c1-10(11)7(16)5(4-14)18-8(10)13-3-2-6(15)12-9(13)17/h5,7-8,14,16H,2-4H2,1H3,(H,12,15,17)/t5-,7-,8-,10-/m1/s1. The van der Waals surface area contributed by atoms with E-state index in [0.29, 0.717) is 0 Å². The van der Waals surface area contributed by atoms with Gasteiger partial charge in [-0.15, -0.1) is 11.6 Å². The minimum Gasteiger partial charge on any atom is -0.394 e. The molecule has 0 saturated carbocycles. The number of rotatable bonds is 2. The van der Waals surface area contributed by atoms with Gasteiger partial charge >= 0.3 is 6.03 Å². The van der Waals surface area contributed by atoms with E-state index in [1.807, 2.05) is 0 Å². The number of carbonyl (C=O) groups excluding carboxylic acids is 2. The van der Waals surface area contributed by atoms with Gasteiger partial charge < -0.3 is 14.9 Å². The lowest BCUT2D eigenvalue weighted by molar-refractivity contribution is -0.124. The number of halogens is 1. The second-order valence-corrected chi connectivity index (χ2v) is 5.42. The zero-order valence-corrected chi connectivity index (χ0v) is 10.6. The van der Waals surface area contributed by atoms with Crippen LogP contribution in [0.3, 0.4) is 0 Å². The van der Waals surface area contributed by atoms with Gasteiger partial charge in [0.15, 0.2) is 6.23 Å². The Bertz CT molecular complexity index is 375. The van der Waals surface area contributed by atoms with Gasteiger partial charge in [0.25, 0.3) is 0 Å². The summed E-state index contributed by atoms with van der Waals surface area (Å²) in [5.41, 5.74) is 0. The Hall–Kier alpha value is -0.890. The summed E-state index contributed by atoms with van der Waals surface area (Å²) in [6.45, 7) is 1.31. The van der Waals surface area contributed by atoms with Crippen molar-refractivity contribution in [1.82, 2.24) is 10.2 Å². The predicted molar refractivity (Wildman–Crippen MR) is 60.9 cm³/mol. The van der Waals surface area contributed by atoms with Crippen molar-refractivity contribution < 1.29 is 24.5 Å². The first-order valence-corrected chi connectivity index (χ1v) is 5.99. The van der Waals surface area contributed by atoms with Crippen LogP contribution < -0.4 is 5.32 Å². The van der Waals surface area contributed by atoms with Crippen molar-refractivity contribution >= 4 is 23.5 Å². The number of hydrogen-bond donors (Lipinski definition) is 3. The number of nitrogens with zero attached hydrogens (tertiary/aromatic N) is 1. The highest BCUT2D eigenvalue weighted by molar-refractivity contribution is 6.25. The first kappa shape index (κ1) is 13.5. The number of nitrogens with one attached hydrogen (secondary N) is 1. The van der Waals surface area contributed by atoms with Crippen LogP contribution in [0.1, 0.15) is 13.3 Å². The topological polar surface area (TPSA) is 99.1 Å². The number of imide groups is 1. The smallest absolute Gasteiger partial charge is 0.326 e. The fourth-order valence-corrected chi connectivity index (χ4v) is 2.51. The molecule has 3 amide bonds. The lowest BCUT2D eigenvalue weighted by atomic mass is 10.00. The predicted octanol–water partition coefficient (Wildman–Crippen LogP) is -0.996. The van der Waals surface area contributed by atoms with Crippen LogP contribution in [0.15, 0.2) is 0 Å². The average Bonchev–Trinajstić information content (AvgIpc) is 2.52. The van der Waals surface area contributed by atoms with Gasteiger partial charge in [-0.25, -0.2) is 4.79 Å². The average molecular weight is 279 g/mol. The fraction of sp³-hybridized carbons (Fsp3) is 0.800. The largest absolute Gasteiger partial charge is 0.394 e. The maximum Gasteiger partial charge on any atom is 0.326 e. The molecule has 4 atom stereocenters. The van der Waals surface area contributed by atoms with Gasteiger partial charge in [0.05, 0.1) is 6.61 Å². The Morgan fingerprint density at radius 3 is 2.78 bits per heavy atom. The minimum absolute atomic E-state index is 0.151.